The van der Waals surface area contributed by atoms with Gasteiger partial charge in [-0.15, -0.1) is 0 Å². The lowest BCUT2D eigenvalue weighted by atomic mass is 10.0. The number of ether oxygens (including phenoxy) is 3. The number of rotatable bonds is 4. The molecule has 3 aromatic rings. The van der Waals surface area contributed by atoms with Crippen LogP contribution in [0.25, 0.3) is 22.0 Å². The van der Waals surface area contributed by atoms with Gasteiger partial charge in [0.25, 0.3) is 0 Å². The molecular weight excluding hydrogens is 292 g/mol. The molecule has 23 heavy (non-hydrogen) atoms. The van der Waals surface area contributed by atoms with E-state index in [-0.39, 0.29) is 0 Å². The van der Waals surface area contributed by atoms with Crippen molar-refractivity contribution in [3.8, 4) is 28.4 Å². The maximum absolute atomic E-state index is 6.35. The summed E-state index contributed by atoms with van der Waals surface area (Å²) in [5.74, 6) is 2.87. The zero-order chi connectivity index (χ0) is 16.6. The standard InChI is InChI=1S/C18H20N2O3/c1-20-14-10-16(23-4)15(22-3)9-13(14)17(18(20)19)11-5-7-12(21-2)8-6-11/h5-10H,19H2,1-4H3. The van der Waals surface area contributed by atoms with E-state index in [0.29, 0.717) is 17.3 Å². The molecule has 5 heteroatoms. The number of benzene rings is 2. The normalized spacial score (nSPS) is 10.8. The molecule has 0 fully saturated rings. The van der Waals surface area contributed by atoms with Crippen molar-refractivity contribution >= 4 is 16.7 Å². The van der Waals surface area contributed by atoms with Crippen LogP contribution < -0.4 is 19.9 Å². The monoisotopic (exact) mass is 312 g/mol. The van der Waals surface area contributed by atoms with Crippen molar-refractivity contribution in [1.29, 1.82) is 0 Å². The van der Waals surface area contributed by atoms with Gasteiger partial charge in [-0.25, -0.2) is 0 Å². The van der Waals surface area contributed by atoms with Gasteiger partial charge in [-0.3, -0.25) is 0 Å². The Kier molecular flexibility index (Phi) is 3.78. The summed E-state index contributed by atoms with van der Waals surface area (Å²) < 4.78 is 18.0. The highest BCUT2D eigenvalue weighted by molar-refractivity contribution is 6.03. The number of aromatic nitrogens is 1. The quantitative estimate of drug-likeness (QED) is 0.801. The Balaban J connectivity index is 2.29. The summed E-state index contributed by atoms with van der Waals surface area (Å²) in [5.41, 5.74) is 9.35. The van der Waals surface area contributed by atoms with Crippen LogP contribution in [-0.2, 0) is 7.05 Å². The maximum atomic E-state index is 6.35. The predicted octanol–water partition coefficient (Wildman–Crippen LogP) is 3.45. The Bertz CT molecular complexity index is 851. The van der Waals surface area contributed by atoms with Gasteiger partial charge in [0.2, 0.25) is 0 Å². The molecule has 2 aromatic carbocycles. The van der Waals surface area contributed by atoms with E-state index in [0.717, 1.165) is 27.8 Å². The molecule has 0 unspecified atom stereocenters. The highest BCUT2D eigenvalue weighted by Gasteiger charge is 2.18. The topological polar surface area (TPSA) is 58.6 Å². The number of nitrogens with zero attached hydrogens (tertiary/aromatic N) is 1. The Hall–Kier alpha value is -2.82. The van der Waals surface area contributed by atoms with E-state index in [1.165, 1.54) is 0 Å². The van der Waals surface area contributed by atoms with Gasteiger partial charge in [0, 0.05) is 24.1 Å². The van der Waals surface area contributed by atoms with Crippen LogP contribution in [0.4, 0.5) is 5.82 Å². The summed E-state index contributed by atoms with van der Waals surface area (Å²) in [6.45, 7) is 0. The minimum absolute atomic E-state index is 0.681. The van der Waals surface area contributed by atoms with Crippen molar-refractivity contribution in [3.05, 3.63) is 36.4 Å². The number of hydrogen-bond acceptors (Lipinski definition) is 4. The van der Waals surface area contributed by atoms with E-state index in [9.17, 15) is 0 Å². The Morgan fingerprint density at radius 2 is 1.48 bits per heavy atom. The first-order chi connectivity index (χ1) is 11.1. The van der Waals surface area contributed by atoms with Gasteiger partial charge in [0.1, 0.15) is 11.6 Å². The molecule has 0 radical (unpaired) electrons. The molecule has 0 aliphatic heterocycles. The van der Waals surface area contributed by atoms with E-state index in [1.54, 1.807) is 21.3 Å². The fourth-order valence-corrected chi connectivity index (χ4v) is 2.84. The number of hydrogen-bond donors (Lipinski definition) is 1. The number of anilines is 1. The van der Waals surface area contributed by atoms with Crippen LogP contribution in [0.5, 0.6) is 17.2 Å². The van der Waals surface area contributed by atoms with Gasteiger partial charge in [-0.1, -0.05) is 12.1 Å². The van der Waals surface area contributed by atoms with Crippen molar-refractivity contribution in [2.75, 3.05) is 27.1 Å². The molecule has 1 aromatic heterocycles. The Morgan fingerprint density at radius 1 is 0.870 bits per heavy atom. The van der Waals surface area contributed by atoms with Gasteiger partial charge in [-0.05, 0) is 23.8 Å². The van der Waals surface area contributed by atoms with Crippen molar-refractivity contribution in [3.63, 3.8) is 0 Å². The number of fused-ring (bicyclic) bond motifs is 1. The molecule has 0 saturated carbocycles. The van der Waals surface area contributed by atoms with Crippen LogP contribution in [-0.4, -0.2) is 25.9 Å². The molecule has 0 bridgehead atoms. The lowest BCUT2D eigenvalue weighted by Crippen LogP contribution is -1.97. The molecule has 0 spiro atoms. The van der Waals surface area contributed by atoms with Crippen molar-refractivity contribution in [2.45, 2.75) is 0 Å². The number of aryl methyl sites for hydroxylation is 1. The van der Waals surface area contributed by atoms with Crippen LogP contribution in [0.1, 0.15) is 0 Å². The number of methoxy groups -OCH3 is 3. The first-order valence-corrected chi connectivity index (χ1v) is 7.25. The minimum atomic E-state index is 0.681. The van der Waals surface area contributed by atoms with Gasteiger partial charge in [0.15, 0.2) is 11.5 Å². The molecule has 3 rings (SSSR count). The molecule has 0 aliphatic carbocycles. The molecule has 0 atom stereocenters. The van der Waals surface area contributed by atoms with E-state index in [1.807, 2.05) is 48.0 Å². The highest BCUT2D eigenvalue weighted by Crippen LogP contribution is 2.41. The van der Waals surface area contributed by atoms with Crippen molar-refractivity contribution in [1.82, 2.24) is 4.57 Å². The molecule has 1 heterocycles. The zero-order valence-corrected chi connectivity index (χ0v) is 13.7. The van der Waals surface area contributed by atoms with E-state index in [2.05, 4.69) is 0 Å². The second-order valence-corrected chi connectivity index (χ2v) is 5.27. The van der Waals surface area contributed by atoms with E-state index in [4.69, 9.17) is 19.9 Å². The molecule has 5 nitrogen and oxygen atoms in total. The molecule has 0 amide bonds. The molecule has 120 valence electrons. The molecule has 2 N–H and O–H groups in total. The summed E-state index contributed by atoms with van der Waals surface area (Å²) in [7, 11) is 6.85. The minimum Gasteiger partial charge on any atom is -0.497 e. The summed E-state index contributed by atoms with van der Waals surface area (Å²) in [4.78, 5) is 0. The largest absolute Gasteiger partial charge is 0.497 e. The molecular formula is C18H20N2O3. The third-order valence-corrected chi connectivity index (χ3v) is 4.13. The fourth-order valence-electron chi connectivity index (χ4n) is 2.84. The van der Waals surface area contributed by atoms with Gasteiger partial charge in [-0.2, -0.15) is 0 Å². The van der Waals surface area contributed by atoms with Crippen LogP contribution in [0.15, 0.2) is 36.4 Å². The predicted molar refractivity (Wildman–Crippen MR) is 92.4 cm³/mol. The first-order valence-electron chi connectivity index (χ1n) is 7.25. The van der Waals surface area contributed by atoms with Crippen molar-refractivity contribution in [2.24, 2.45) is 7.05 Å². The van der Waals surface area contributed by atoms with E-state index < -0.39 is 0 Å². The smallest absolute Gasteiger partial charge is 0.162 e. The number of nitrogen functional groups attached to an aromatic ring is 1. The third-order valence-electron chi connectivity index (χ3n) is 4.13. The third kappa shape index (κ3) is 2.34. The van der Waals surface area contributed by atoms with Crippen LogP contribution in [0.3, 0.4) is 0 Å². The second kappa shape index (κ2) is 5.76. The number of nitrogens with two attached hydrogens (primary N) is 1. The van der Waals surface area contributed by atoms with Gasteiger partial charge in [0.05, 0.1) is 26.8 Å². The lowest BCUT2D eigenvalue weighted by molar-refractivity contribution is 0.355. The highest BCUT2D eigenvalue weighted by atomic mass is 16.5. The van der Waals surface area contributed by atoms with Gasteiger partial charge < -0.3 is 24.5 Å². The first kappa shape index (κ1) is 15.1. The van der Waals surface area contributed by atoms with E-state index >= 15 is 0 Å². The average molecular weight is 312 g/mol. The Morgan fingerprint density at radius 3 is 2.04 bits per heavy atom. The maximum Gasteiger partial charge on any atom is 0.162 e. The fraction of sp³-hybridized carbons (Fsp3) is 0.222. The van der Waals surface area contributed by atoms with Crippen LogP contribution in [0, 0.1) is 0 Å². The summed E-state index contributed by atoms with van der Waals surface area (Å²) in [6.07, 6.45) is 0. The average Bonchev–Trinajstić information content (AvgIpc) is 2.84. The summed E-state index contributed by atoms with van der Waals surface area (Å²) in [6, 6.07) is 11.8. The summed E-state index contributed by atoms with van der Waals surface area (Å²) >= 11 is 0. The Labute approximate surface area is 135 Å². The molecule has 0 aliphatic rings. The zero-order valence-electron chi connectivity index (χ0n) is 13.7. The van der Waals surface area contributed by atoms with Crippen molar-refractivity contribution < 1.29 is 14.2 Å². The van der Waals surface area contributed by atoms with Crippen LogP contribution >= 0.6 is 0 Å². The SMILES string of the molecule is COc1ccc(-c2c(N)n(C)c3cc(OC)c(OC)cc23)cc1. The summed E-state index contributed by atoms with van der Waals surface area (Å²) in [5, 5.41) is 1.02. The second-order valence-electron chi connectivity index (χ2n) is 5.27. The van der Waals surface area contributed by atoms with Gasteiger partial charge >= 0.3 is 0 Å². The molecule has 0 saturated heterocycles. The van der Waals surface area contributed by atoms with Crippen LogP contribution in [0.2, 0.25) is 0 Å². The lowest BCUT2D eigenvalue weighted by Gasteiger charge is -2.08.